The third kappa shape index (κ3) is 4.60. The van der Waals surface area contributed by atoms with Gasteiger partial charge in [-0.1, -0.05) is 25.1 Å². The van der Waals surface area contributed by atoms with E-state index in [9.17, 15) is 4.79 Å². The summed E-state index contributed by atoms with van der Waals surface area (Å²) in [5.74, 6) is -0.00945. The van der Waals surface area contributed by atoms with Gasteiger partial charge in [-0.25, -0.2) is 4.98 Å². The van der Waals surface area contributed by atoms with Crippen molar-refractivity contribution < 1.29 is 9.53 Å². The number of aryl methyl sites for hydroxylation is 1. The molecule has 1 atom stereocenters. The Hall–Kier alpha value is -1.81. The van der Waals surface area contributed by atoms with Crippen LogP contribution in [0.1, 0.15) is 56.0 Å². The van der Waals surface area contributed by atoms with E-state index in [4.69, 9.17) is 4.74 Å². The number of carbonyl (C=O) groups excluding carboxylic acids is 1. The number of rotatable bonds is 4. The molecule has 5 heteroatoms. The fraction of sp³-hybridized carbons (Fsp3) is 0.474. The molecular weight excluding hydrogens is 324 g/mol. The van der Waals surface area contributed by atoms with Crippen molar-refractivity contribution in [2.24, 2.45) is 5.41 Å². The van der Waals surface area contributed by atoms with Gasteiger partial charge in [0.1, 0.15) is 0 Å². The van der Waals surface area contributed by atoms with E-state index < -0.39 is 5.41 Å². The highest BCUT2D eigenvalue weighted by atomic mass is 35.5. The number of ether oxygens (including phenoxy) is 1. The van der Waals surface area contributed by atoms with Gasteiger partial charge in [0, 0.05) is 12.1 Å². The van der Waals surface area contributed by atoms with Gasteiger partial charge in [-0.3, -0.25) is 4.79 Å². The summed E-state index contributed by atoms with van der Waals surface area (Å²) in [7, 11) is 0. The zero-order valence-electron chi connectivity index (χ0n) is 15.3. The molecule has 0 amide bonds. The van der Waals surface area contributed by atoms with Gasteiger partial charge in [0.25, 0.3) is 0 Å². The standard InChI is InChI=1S/C19H26N2O2.ClH/c1-13-8-7-9-16(14(13)2)15(3)17-10-21(11-20-17)12-23-18(22)19(4,5)6;/h7-11,15H,12H2,1-6H3;1H/t15-;/m0./s1. The van der Waals surface area contributed by atoms with Crippen LogP contribution in [0.4, 0.5) is 0 Å². The molecule has 1 aromatic heterocycles. The first kappa shape index (κ1) is 20.2. The number of hydrogen-bond acceptors (Lipinski definition) is 3. The largest absolute Gasteiger partial charge is 0.443 e. The molecule has 1 aromatic carbocycles. The van der Waals surface area contributed by atoms with Crippen LogP contribution in [-0.2, 0) is 16.3 Å². The maximum atomic E-state index is 11.8. The van der Waals surface area contributed by atoms with Gasteiger partial charge < -0.3 is 9.30 Å². The van der Waals surface area contributed by atoms with Crippen LogP contribution in [-0.4, -0.2) is 15.5 Å². The Labute approximate surface area is 150 Å². The zero-order chi connectivity index (χ0) is 17.2. The van der Waals surface area contributed by atoms with Crippen molar-refractivity contribution in [3.8, 4) is 0 Å². The molecule has 0 saturated carbocycles. The molecule has 2 rings (SSSR count). The Morgan fingerprint density at radius 3 is 2.58 bits per heavy atom. The SMILES string of the molecule is Cc1cccc([C@H](C)c2cn(COC(=O)C(C)(C)C)cn2)c1C.Cl. The number of esters is 1. The number of nitrogens with zero attached hydrogens (tertiary/aromatic N) is 2. The van der Waals surface area contributed by atoms with Crippen LogP contribution in [0.15, 0.2) is 30.7 Å². The fourth-order valence-corrected chi connectivity index (χ4v) is 2.42. The van der Waals surface area contributed by atoms with Crippen molar-refractivity contribution in [1.29, 1.82) is 0 Å². The summed E-state index contributed by atoms with van der Waals surface area (Å²) in [5.41, 5.74) is 4.35. The summed E-state index contributed by atoms with van der Waals surface area (Å²) in [6.45, 7) is 12.1. The maximum Gasteiger partial charge on any atom is 0.312 e. The molecule has 0 bridgehead atoms. The average molecular weight is 351 g/mol. The summed E-state index contributed by atoms with van der Waals surface area (Å²) in [6, 6.07) is 6.35. The summed E-state index contributed by atoms with van der Waals surface area (Å²) >= 11 is 0. The first-order chi connectivity index (χ1) is 10.7. The van der Waals surface area contributed by atoms with Crippen LogP contribution >= 0.6 is 12.4 Å². The van der Waals surface area contributed by atoms with E-state index in [0.717, 1.165) is 5.69 Å². The molecule has 0 radical (unpaired) electrons. The lowest BCUT2D eigenvalue weighted by Crippen LogP contribution is -2.23. The topological polar surface area (TPSA) is 44.1 Å². The Kier molecular flexibility index (Phi) is 6.61. The third-order valence-corrected chi connectivity index (χ3v) is 4.17. The number of imidazole rings is 1. The summed E-state index contributed by atoms with van der Waals surface area (Å²) in [4.78, 5) is 16.3. The molecule has 0 aliphatic rings. The van der Waals surface area contributed by atoms with Crippen LogP contribution in [0.25, 0.3) is 0 Å². The van der Waals surface area contributed by atoms with Gasteiger partial charge in [0.05, 0.1) is 17.4 Å². The second-order valence-electron chi connectivity index (χ2n) is 7.13. The Bertz CT molecular complexity index is 702. The summed E-state index contributed by atoms with van der Waals surface area (Å²) < 4.78 is 7.12. The lowest BCUT2D eigenvalue weighted by atomic mass is 9.92. The highest BCUT2D eigenvalue weighted by molar-refractivity contribution is 5.85. The number of aromatic nitrogens is 2. The van der Waals surface area contributed by atoms with E-state index in [2.05, 4.69) is 44.0 Å². The molecule has 0 spiro atoms. The fourth-order valence-electron chi connectivity index (χ4n) is 2.42. The second kappa shape index (κ2) is 7.84. The Balaban J connectivity index is 0.00000288. The highest BCUT2D eigenvalue weighted by Gasteiger charge is 2.23. The van der Waals surface area contributed by atoms with Crippen molar-refractivity contribution in [3.63, 3.8) is 0 Å². The van der Waals surface area contributed by atoms with Crippen molar-refractivity contribution in [1.82, 2.24) is 9.55 Å². The molecule has 24 heavy (non-hydrogen) atoms. The number of carbonyl (C=O) groups is 1. The monoisotopic (exact) mass is 350 g/mol. The molecule has 0 saturated heterocycles. The van der Waals surface area contributed by atoms with Crippen molar-refractivity contribution >= 4 is 18.4 Å². The molecule has 0 fully saturated rings. The van der Waals surface area contributed by atoms with Gasteiger partial charge in [-0.05, 0) is 51.3 Å². The van der Waals surface area contributed by atoms with Crippen LogP contribution in [0.5, 0.6) is 0 Å². The van der Waals surface area contributed by atoms with Gasteiger partial charge in [-0.2, -0.15) is 0 Å². The van der Waals surface area contributed by atoms with Crippen LogP contribution < -0.4 is 0 Å². The van der Waals surface area contributed by atoms with Gasteiger partial charge in [-0.15, -0.1) is 12.4 Å². The minimum absolute atomic E-state index is 0. The van der Waals surface area contributed by atoms with Crippen LogP contribution in [0.3, 0.4) is 0 Å². The average Bonchev–Trinajstić information content (AvgIpc) is 2.94. The molecule has 0 N–H and O–H groups in total. The second-order valence-corrected chi connectivity index (χ2v) is 7.13. The molecule has 0 unspecified atom stereocenters. The lowest BCUT2D eigenvalue weighted by Gasteiger charge is -2.16. The van der Waals surface area contributed by atoms with Gasteiger partial charge >= 0.3 is 5.97 Å². The van der Waals surface area contributed by atoms with E-state index in [1.165, 1.54) is 16.7 Å². The first-order valence-corrected chi connectivity index (χ1v) is 7.95. The van der Waals surface area contributed by atoms with E-state index >= 15 is 0 Å². The van der Waals surface area contributed by atoms with E-state index in [0.29, 0.717) is 0 Å². The minimum atomic E-state index is -0.491. The molecule has 132 valence electrons. The van der Waals surface area contributed by atoms with Gasteiger partial charge in [0.2, 0.25) is 0 Å². The summed E-state index contributed by atoms with van der Waals surface area (Å²) in [6.07, 6.45) is 3.66. The molecule has 2 aromatic rings. The number of hydrogen-bond donors (Lipinski definition) is 0. The van der Waals surface area contributed by atoms with E-state index in [1.807, 2.05) is 27.0 Å². The molecule has 1 heterocycles. The van der Waals surface area contributed by atoms with Crippen molar-refractivity contribution in [2.75, 3.05) is 0 Å². The van der Waals surface area contributed by atoms with E-state index in [-0.39, 0.29) is 31.0 Å². The highest BCUT2D eigenvalue weighted by Crippen LogP contribution is 2.27. The molecule has 0 aliphatic carbocycles. The van der Waals surface area contributed by atoms with Crippen molar-refractivity contribution in [2.45, 2.75) is 54.2 Å². The minimum Gasteiger partial charge on any atom is -0.443 e. The lowest BCUT2D eigenvalue weighted by molar-refractivity contribution is -0.156. The zero-order valence-corrected chi connectivity index (χ0v) is 16.1. The maximum absolute atomic E-state index is 11.8. The quantitative estimate of drug-likeness (QED) is 0.756. The van der Waals surface area contributed by atoms with Crippen LogP contribution in [0, 0.1) is 19.3 Å². The van der Waals surface area contributed by atoms with E-state index in [1.54, 1.807) is 10.9 Å². The summed E-state index contributed by atoms with van der Waals surface area (Å²) in [5, 5.41) is 0. The van der Waals surface area contributed by atoms with Gasteiger partial charge in [0.15, 0.2) is 6.73 Å². The third-order valence-electron chi connectivity index (χ3n) is 4.17. The number of halogens is 1. The van der Waals surface area contributed by atoms with Crippen molar-refractivity contribution in [3.05, 3.63) is 53.1 Å². The number of benzene rings is 1. The molecule has 4 nitrogen and oxygen atoms in total. The van der Waals surface area contributed by atoms with Crippen LogP contribution in [0.2, 0.25) is 0 Å². The molecule has 0 aliphatic heterocycles. The Morgan fingerprint density at radius 1 is 1.29 bits per heavy atom. The normalized spacial score (nSPS) is 12.4. The molecular formula is C19H27ClN2O2. The Morgan fingerprint density at radius 2 is 1.96 bits per heavy atom. The predicted molar refractivity (Wildman–Crippen MR) is 98.5 cm³/mol. The predicted octanol–water partition coefficient (Wildman–Crippen LogP) is 4.62. The first-order valence-electron chi connectivity index (χ1n) is 7.95. The smallest absolute Gasteiger partial charge is 0.312 e.